The summed E-state index contributed by atoms with van der Waals surface area (Å²) in [6.45, 7) is 3.75. The Kier molecular flexibility index (Phi) is 8.80. The van der Waals surface area contributed by atoms with Crippen molar-refractivity contribution in [1.29, 1.82) is 5.26 Å². The molecular weight excluding hydrogens is 416 g/mol. The Labute approximate surface area is 184 Å². The van der Waals surface area contributed by atoms with Gasteiger partial charge in [0.15, 0.2) is 18.1 Å². The number of hydrogen-bond donors (Lipinski definition) is 2. The van der Waals surface area contributed by atoms with Crippen LogP contribution in [0.5, 0.6) is 11.5 Å². The Balaban J connectivity index is 2.21. The van der Waals surface area contributed by atoms with Gasteiger partial charge >= 0.3 is 11.9 Å². The topological polar surface area (TPSA) is 135 Å². The van der Waals surface area contributed by atoms with Gasteiger partial charge in [-0.3, -0.25) is 4.79 Å². The first kappa shape index (κ1) is 24.0. The number of ether oxygens (including phenoxy) is 3. The monoisotopic (exact) mass is 438 g/mol. The van der Waals surface area contributed by atoms with Crippen molar-refractivity contribution in [1.82, 2.24) is 0 Å². The van der Waals surface area contributed by atoms with Crippen LogP contribution in [0.2, 0.25) is 0 Å². The minimum atomic E-state index is -1.13. The zero-order valence-electron chi connectivity index (χ0n) is 17.6. The lowest BCUT2D eigenvalue weighted by molar-refractivity contribution is -0.145. The van der Waals surface area contributed by atoms with Crippen LogP contribution < -0.4 is 14.8 Å². The number of amides is 1. The van der Waals surface area contributed by atoms with Gasteiger partial charge < -0.3 is 24.6 Å². The van der Waals surface area contributed by atoms with Crippen molar-refractivity contribution < 1.29 is 33.7 Å². The van der Waals surface area contributed by atoms with Gasteiger partial charge in [0.05, 0.1) is 18.8 Å². The van der Waals surface area contributed by atoms with Gasteiger partial charge in [-0.15, -0.1) is 0 Å². The number of aromatic carboxylic acids is 1. The molecule has 0 aliphatic heterocycles. The molecule has 0 aliphatic carbocycles. The molecule has 1 amide bonds. The number of esters is 1. The standard InChI is InChI=1S/C23H22N2O7/c1-3-30-20-11-15(8-9-19(20)32-14-21(26)31-4-2)10-17(13-24)22(27)25-18-7-5-6-16(12-18)23(28)29/h5-12H,3-4,14H2,1-2H3,(H,25,27)(H,28,29)/b17-10-. The predicted molar refractivity (Wildman–Crippen MR) is 115 cm³/mol. The number of anilines is 1. The fourth-order valence-corrected chi connectivity index (χ4v) is 2.58. The van der Waals surface area contributed by atoms with Crippen LogP contribution in [0.3, 0.4) is 0 Å². The van der Waals surface area contributed by atoms with Crippen molar-refractivity contribution >= 4 is 29.6 Å². The van der Waals surface area contributed by atoms with E-state index in [1.807, 2.05) is 6.07 Å². The second kappa shape index (κ2) is 11.8. The van der Waals surface area contributed by atoms with E-state index in [2.05, 4.69) is 5.32 Å². The van der Waals surface area contributed by atoms with E-state index in [4.69, 9.17) is 19.3 Å². The lowest BCUT2D eigenvalue weighted by Gasteiger charge is -2.12. The number of hydrogen-bond acceptors (Lipinski definition) is 7. The van der Waals surface area contributed by atoms with Crippen LogP contribution >= 0.6 is 0 Å². The molecule has 0 unspecified atom stereocenters. The third kappa shape index (κ3) is 6.88. The van der Waals surface area contributed by atoms with E-state index in [0.717, 1.165) is 0 Å². The minimum Gasteiger partial charge on any atom is -0.490 e. The summed E-state index contributed by atoms with van der Waals surface area (Å²) < 4.78 is 15.8. The first-order chi connectivity index (χ1) is 15.4. The summed E-state index contributed by atoms with van der Waals surface area (Å²) in [7, 11) is 0. The molecular formula is C23H22N2O7. The second-order valence-corrected chi connectivity index (χ2v) is 6.24. The van der Waals surface area contributed by atoms with Crippen molar-refractivity contribution in [3.63, 3.8) is 0 Å². The summed E-state index contributed by atoms with van der Waals surface area (Å²) in [5.74, 6) is -1.71. The quantitative estimate of drug-likeness (QED) is 0.328. The normalized spacial score (nSPS) is 10.6. The molecule has 0 saturated heterocycles. The lowest BCUT2D eigenvalue weighted by Crippen LogP contribution is -2.15. The van der Waals surface area contributed by atoms with Gasteiger partial charge in [-0.1, -0.05) is 12.1 Å². The number of nitriles is 1. The van der Waals surface area contributed by atoms with Crippen molar-refractivity contribution in [3.05, 3.63) is 59.2 Å². The van der Waals surface area contributed by atoms with E-state index in [1.165, 1.54) is 30.3 Å². The molecule has 0 aliphatic rings. The highest BCUT2D eigenvalue weighted by Gasteiger charge is 2.13. The SMILES string of the molecule is CCOC(=O)COc1ccc(/C=C(/C#N)C(=O)Nc2cccc(C(=O)O)c2)cc1OCC. The molecule has 0 fully saturated rings. The average molecular weight is 438 g/mol. The van der Waals surface area contributed by atoms with Gasteiger partial charge in [0.1, 0.15) is 11.6 Å². The molecule has 32 heavy (non-hydrogen) atoms. The second-order valence-electron chi connectivity index (χ2n) is 6.24. The number of nitrogens with one attached hydrogen (secondary N) is 1. The van der Waals surface area contributed by atoms with Gasteiger partial charge in [0.25, 0.3) is 5.91 Å². The molecule has 9 nitrogen and oxygen atoms in total. The third-order valence-corrected chi connectivity index (χ3v) is 3.96. The Morgan fingerprint density at radius 2 is 1.84 bits per heavy atom. The molecule has 9 heteroatoms. The highest BCUT2D eigenvalue weighted by molar-refractivity contribution is 6.10. The smallest absolute Gasteiger partial charge is 0.344 e. The number of carboxylic acid groups (broad SMARTS) is 1. The fourth-order valence-electron chi connectivity index (χ4n) is 2.58. The van der Waals surface area contributed by atoms with E-state index in [9.17, 15) is 19.6 Å². The molecule has 0 radical (unpaired) electrons. The first-order valence-electron chi connectivity index (χ1n) is 9.69. The summed E-state index contributed by atoms with van der Waals surface area (Å²) in [5, 5.41) is 21.0. The fraction of sp³-hybridized carbons (Fsp3) is 0.217. The lowest BCUT2D eigenvalue weighted by atomic mass is 10.1. The number of carboxylic acids is 1. The molecule has 2 aromatic carbocycles. The van der Waals surface area contributed by atoms with Crippen LogP contribution in [0, 0.1) is 11.3 Å². The average Bonchev–Trinajstić information content (AvgIpc) is 2.77. The molecule has 0 saturated carbocycles. The van der Waals surface area contributed by atoms with E-state index in [1.54, 1.807) is 32.0 Å². The Morgan fingerprint density at radius 3 is 2.50 bits per heavy atom. The molecule has 2 aromatic rings. The van der Waals surface area contributed by atoms with Gasteiger partial charge in [0, 0.05) is 5.69 Å². The highest BCUT2D eigenvalue weighted by Crippen LogP contribution is 2.29. The van der Waals surface area contributed by atoms with Crippen molar-refractivity contribution in [3.8, 4) is 17.6 Å². The summed E-state index contributed by atoms with van der Waals surface area (Å²) in [5.41, 5.74) is 0.537. The molecule has 0 heterocycles. The number of benzene rings is 2. The summed E-state index contributed by atoms with van der Waals surface area (Å²) >= 11 is 0. The Morgan fingerprint density at radius 1 is 1.06 bits per heavy atom. The van der Waals surface area contributed by atoms with Crippen molar-refractivity contribution in [2.75, 3.05) is 25.1 Å². The van der Waals surface area contributed by atoms with Crippen LogP contribution in [0.1, 0.15) is 29.8 Å². The number of rotatable bonds is 10. The Bertz CT molecular complexity index is 1070. The summed E-state index contributed by atoms with van der Waals surface area (Å²) in [4.78, 5) is 35.1. The number of carbonyl (C=O) groups excluding carboxylic acids is 2. The van der Waals surface area contributed by atoms with Crippen LogP contribution in [0.25, 0.3) is 6.08 Å². The zero-order valence-corrected chi connectivity index (χ0v) is 17.6. The molecule has 166 valence electrons. The molecule has 0 bridgehead atoms. The highest BCUT2D eigenvalue weighted by atomic mass is 16.6. The van der Waals surface area contributed by atoms with Gasteiger partial charge in [-0.2, -0.15) is 5.26 Å². The molecule has 0 spiro atoms. The van der Waals surface area contributed by atoms with Gasteiger partial charge in [0.2, 0.25) is 0 Å². The molecule has 0 atom stereocenters. The number of carbonyl (C=O) groups is 3. The van der Waals surface area contributed by atoms with Crippen molar-refractivity contribution in [2.45, 2.75) is 13.8 Å². The first-order valence-corrected chi connectivity index (χ1v) is 9.69. The van der Waals surface area contributed by atoms with Gasteiger partial charge in [-0.05, 0) is 55.8 Å². The predicted octanol–water partition coefficient (Wildman–Crippen LogP) is 3.27. The van der Waals surface area contributed by atoms with Crippen LogP contribution in [0.15, 0.2) is 48.0 Å². The summed E-state index contributed by atoms with van der Waals surface area (Å²) in [6, 6.07) is 12.2. The largest absolute Gasteiger partial charge is 0.490 e. The molecule has 2 rings (SSSR count). The number of nitrogens with zero attached hydrogens (tertiary/aromatic N) is 1. The van der Waals surface area contributed by atoms with E-state index >= 15 is 0 Å². The summed E-state index contributed by atoms with van der Waals surface area (Å²) in [6.07, 6.45) is 1.36. The zero-order chi connectivity index (χ0) is 23.5. The van der Waals surface area contributed by atoms with Crippen molar-refractivity contribution in [2.24, 2.45) is 0 Å². The maximum Gasteiger partial charge on any atom is 0.344 e. The van der Waals surface area contributed by atoms with E-state index in [0.29, 0.717) is 23.7 Å². The maximum atomic E-state index is 12.5. The maximum absolute atomic E-state index is 12.5. The van der Waals surface area contributed by atoms with Crippen LogP contribution in [0.4, 0.5) is 5.69 Å². The molecule has 0 aromatic heterocycles. The van der Waals surface area contributed by atoms with Crippen LogP contribution in [-0.2, 0) is 14.3 Å². The van der Waals surface area contributed by atoms with Gasteiger partial charge in [-0.25, -0.2) is 9.59 Å². The van der Waals surface area contributed by atoms with E-state index in [-0.39, 0.29) is 30.0 Å². The molecule has 2 N–H and O–H groups in total. The minimum absolute atomic E-state index is 0.00468. The third-order valence-electron chi connectivity index (χ3n) is 3.96. The van der Waals surface area contributed by atoms with E-state index < -0.39 is 17.8 Å². The Hall–Kier alpha value is -4.32. The van der Waals surface area contributed by atoms with Crippen LogP contribution in [-0.4, -0.2) is 42.8 Å².